The van der Waals surface area contributed by atoms with E-state index in [2.05, 4.69) is 12.1 Å². The molecule has 3 nitrogen and oxygen atoms in total. The summed E-state index contributed by atoms with van der Waals surface area (Å²) in [6.07, 6.45) is 2.99. The van der Waals surface area contributed by atoms with Gasteiger partial charge in [-0.2, -0.15) is 10.5 Å². The van der Waals surface area contributed by atoms with Crippen LogP contribution in [0.25, 0.3) is 0 Å². The summed E-state index contributed by atoms with van der Waals surface area (Å²) < 4.78 is 0. The van der Waals surface area contributed by atoms with E-state index in [-0.39, 0.29) is 5.92 Å². The number of halogens is 2. The lowest BCUT2D eigenvalue weighted by molar-refractivity contribution is -0.105. The third kappa shape index (κ3) is 3.01. The highest BCUT2D eigenvalue weighted by atomic mass is 35.5. The lowest BCUT2D eigenvalue weighted by atomic mass is 9.58. The Balaban J connectivity index is 2.20. The van der Waals surface area contributed by atoms with Crippen LogP contribution in [0.5, 0.6) is 0 Å². The quantitative estimate of drug-likeness (QED) is 0.667. The van der Waals surface area contributed by atoms with Crippen molar-refractivity contribution < 1.29 is 4.79 Å². The van der Waals surface area contributed by atoms with Gasteiger partial charge in [0.05, 0.1) is 12.1 Å². The van der Waals surface area contributed by atoms with Crippen molar-refractivity contribution in [3.8, 4) is 12.1 Å². The van der Waals surface area contributed by atoms with Gasteiger partial charge < -0.3 is 0 Å². The molecular weight excluding hydrogens is 367 g/mol. The monoisotopic (exact) mass is 380 g/mol. The van der Waals surface area contributed by atoms with Crippen molar-refractivity contribution in [3.05, 3.63) is 81.4 Å². The maximum absolute atomic E-state index is 11.7. The molecule has 2 atom stereocenters. The summed E-state index contributed by atoms with van der Waals surface area (Å²) in [5.41, 5.74) is 0.597. The fourth-order valence-electron chi connectivity index (χ4n) is 3.65. The molecule has 2 aromatic carbocycles. The number of rotatable bonds is 3. The van der Waals surface area contributed by atoms with E-state index in [4.69, 9.17) is 23.2 Å². The third-order valence-electron chi connectivity index (χ3n) is 4.91. The Labute approximate surface area is 162 Å². The van der Waals surface area contributed by atoms with Gasteiger partial charge in [-0.1, -0.05) is 53.5 Å². The Kier molecular flexibility index (Phi) is 5.14. The van der Waals surface area contributed by atoms with Crippen LogP contribution in [-0.2, 0) is 4.79 Å². The van der Waals surface area contributed by atoms with E-state index in [1.54, 1.807) is 36.4 Å². The van der Waals surface area contributed by atoms with Gasteiger partial charge in [-0.25, -0.2) is 0 Å². The molecule has 0 saturated carbocycles. The molecule has 5 heteroatoms. The minimum Gasteiger partial charge on any atom is -0.298 e. The number of nitriles is 2. The lowest BCUT2D eigenvalue weighted by Crippen LogP contribution is -2.37. The maximum Gasteiger partial charge on any atom is 0.161 e. The lowest BCUT2D eigenvalue weighted by Gasteiger charge is -2.39. The smallest absolute Gasteiger partial charge is 0.161 e. The van der Waals surface area contributed by atoms with E-state index in [1.165, 1.54) is 0 Å². The summed E-state index contributed by atoms with van der Waals surface area (Å²) in [5, 5.41) is 21.3. The second-order valence-corrected chi connectivity index (χ2v) is 7.11. The van der Waals surface area contributed by atoms with Crippen LogP contribution in [0.1, 0.15) is 29.4 Å². The van der Waals surface area contributed by atoms with Crippen LogP contribution in [0.2, 0.25) is 10.0 Å². The largest absolute Gasteiger partial charge is 0.298 e. The molecule has 26 heavy (non-hydrogen) atoms. The standard InChI is InChI=1S/C21H14Cl2N2O/c22-17-6-1-14(2-7-17)19-10-5-16(11-26)20(21(19,12-24)13-25)15-3-8-18(23)9-4-15/h1-9,11,19-20H,10H2/t19-,20-/m1/s1. The number of allylic oxidation sites excluding steroid dienone is 2. The van der Waals surface area contributed by atoms with E-state index in [1.807, 2.05) is 18.2 Å². The predicted molar refractivity (Wildman–Crippen MR) is 101 cm³/mol. The molecule has 1 aliphatic rings. The van der Waals surface area contributed by atoms with Gasteiger partial charge in [-0.05, 0) is 47.4 Å². The Morgan fingerprint density at radius 3 is 1.88 bits per heavy atom. The van der Waals surface area contributed by atoms with Crippen molar-refractivity contribution in [2.45, 2.75) is 18.3 Å². The number of aldehydes is 1. The molecule has 0 unspecified atom stereocenters. The molecule has 0 aromatic heterocycles. The van der Waals surface area contributed by atoms with Crippen LogP contribution in [0, 0.1) is 28.1 Å². The average molecular weight is 381 g/mol. The highest BCUT2D eigenvalue weighted by Gasteiger charge is 2.51. The van der Waals surface area contributed by atoms with Crippen molar-refractivity contribution in [1.82, 2.24) is 0 Å². The molecule has 0 heterocycles. The van der Waals surface area contributed by atoms with Gasteiger partial charge in [0.25, 0.3) is 0 Å². The summed E-state index contributed by atoms with van der Waals surface area (Å²) >= 11 is 11.9. The summed E-state index contributed by atoms with van der Waals surface area (Å²) in [4.78, 5) is 11.7. The van der Waals surface area contributed by atoms with Gasteiger partial charge in [0.2, 0.25) is 0 Å². The van der Waals surface area contributed by atoms with Crippen molar-refractivity contribution in [1.29, 1.82) is 10.5 Å². The molecule has 0 fully saturated rings. The van der Waals surface area contributed by atoms with Crippen LogP contribution >= 0.6 is 23.2 Å². The first-order chi connectivity index (χ1) is 12.6. The van der Waals surface area contributed by atoms with Gasteiger partial charge in [0.1, 0.15) is 6.29 Å². The number of hydrogen-bond donors (Lipinski definition) is 0. The molecule has 0 amide bonds. The highest BCUT2D eigenvalue weighted by Crippen LogP contribution is 2.54. The van der Waals surface area contributed by atoms with Crippen LogP contribution in [0.4, 0.5) is 0 Å². The van der Waals surface area contributed by atoms with Crippen LogP contribution in [0.15, 0.2) is 60.2 Å². The SMILES string of the molecule is N#CC1(C#N)[C@@H](c2ccc(Cl)cc2)CC=C(C=O)[C@H]1c1ccc(Cl)cc1. The molecule has 0 bridgehead atoms. The number of benzene rings is 2. The molecular formula is C21H14Cl2N2O. The van der Waals surface area contributed by atoms with Crippen molar-refractivity contribution in [2.24, 2.45) is 5.41 Å². The Morgan fingerprint density at radius 1 is 0.923 bits per heavy atom. The Bertz CT molecular complexity index is 920. The minimum absolute atomic E-state index is 0.376. The van der Waals surface area contributed by atoms with Crippen LogP contribution in [-0.4, -0.2) is 6.29 Å². The van der Waals surface area contributed by atoms with Crippen LogP contribution in [0.3, 0.4) is 0 Å². The van der Waals surface area contributed by atoms with E-state index in [9.17, 15) is 15.3 Å². The zero-order chi connectivity index (χ0) is 18.7. The summed E-state index contributed by atoms with van der Waals surface area (Å²) in [7, 11) is 0. The fourth-order valence-corrected chi connectivity index (χ4v) is 3.90. The molecule has 128 valence electrons. The number of hydrogen-bond acceptors (Lipinski definition) is 3. The molecule has 0 aliphatic heterocycles. The fraction of sp³-hybridized carbons (Fsp3) is 0.190. The van der Waals surface area contributed by atoms with E-state index in [0.717, 1.165) is 17.4 Å². The highest BCUT2D eigenvalue weighted by molar-refractivity contribution is 6.30. The minimum atomic E-state index is -1.41. The molecule has 0 spiro atoms. The van der Waals surface area contributed by atoms with Gasteiger partial charge >= 0.3 is 0 Å². The van der Waals surface area contributed by atoms with Crippen molar-refractivity contribution in [3.63, 3.8) is 0 Å². The normalized spacial score (nSPS) is 21.2. The summed E-state index contributed by atoms with van der Waals surface area (Å²) in [6, 6.07) is 18.5. The number of nitrogens with zero attached hydrogens (tertiary/aromatic N) is 2. The first-order valence-electron chi connectivity index (χ1n) is 8.04. The molecule has 0 N–H and O–H groups in total. The van der Waals surface area contributed by atoms with Gasteiger partial charge in [-0.3, -0.25) is 4.79 Å². The predicted octanol–water partition coefficient (Wildman–Crippen LogP) is 5.42. The maximum atomic E-state index is 11.7. The summed E-state index contributed by atoms with van der Waals surface area (Å²) in [6.45, 7) is 0. The zero-order valence-corrected chi connectivity index (χ0v) is 15.2. The van der Waals surface area contributed by atoms with Gasteiger partial charge in [0.15, 0.2) is 5.41 Å². The van der Waals surface area contributed by atoms with Crippen molar-refractivity contribution >= 4 is 29.5 Å². The summed E-state index contributed by atoms with van der Waals surface area (Å²) in [5.74, 6) is -1.03. The van der Waals surface area contributed by atoms with Crippen molar-refractivity contribution in [2.75, 3.05) is 0 Å². The van der Waals surface area contributed by atoms with Gasteiger partial charge in [-0.15, -0.1) is 0 Å². The topological polar surface area (TPSA) is 64.7 Å². The molecule has 3 rings (SSSR count). The number of carbonyl (C=O) groups excluding carboxylic acids is 1. The Hall–Kier alpha value is -2.59. The van der Waals surface area contributed by atoms with Gasteiger partial charge in [0, 0.05) is 21.9 Å². The second-order valence-electron chi connectivity index (χ2n) is 6.24. The van der Waals surface area contributed by atoms with E-state index in [0.29, 0.717) is 22.0 Å². The third-order valence-corrected chi connectivity index (χ3v) is 5.41. The molecule has 1 aliphatic carbocycles. The average Bonchev–Trinajstić information content (AvgIpc) is 2.68. The van der Waals surface area contributed by atoms with Crippen LogP contribution < -0.4 is 0 Å². The molecule has 0 saturated heterocycles. The molecule has 0 radical (unpaired) electrons. The Morgan fingerprint density at radius 2 is 1.42 bits per heavy atom. The second kappa shape index (κ2) is 7.34. The van der Waals surface area contributed by atoms with E-state index < -0.39 is 11.3 Å². The first kappa shape index (κ1) is 18.2. The molecule has 2 aromatic rings. The first-order valence-corrected chi connectivity index (χ1v) is 8.80. The zero-order valence-electron chi connectivity index (χ0n) is 13.7. The van der Waals surface area contributed by atoms with E-state index >= 15 is 0 Å². The number of carbonyl (C=O) groups is 1.